The van der Waals surface area contributed by atoms with E-state index in [4.69, 9.17) is 9.84 Å². The number of nitrogens with zero attached hydrogens (tertiary/aromatic N) is 2. The first kappa shape index (κ1) is 16.3. The Morgan fingerprint density at radius 1 is 1.05 bits per heavy atom. The highest BCUT2D eigenvalue weighted by molar-refractivity contribution is 5.18. The summed E-state index contributed by atoms with van der Waals surface area (Å²) in [5.74, 6) is -1.02. The van der Waals surface area contributed by atoms with Gasteiger partial charge in [0.25, 0.3) is 0 Å². The summed E-state index contributed by atoms with van der Waals surface area (Å²) in [6.07, 6.45) is 0. The first-order valence-corrected chi connectivity index (χ1v) is 7.26. The summed E-state index contributed by atoms with van der Waals surface area (Å²) in [6, 6.07) is 3.75. The highest BCUT2D eigenvalue weighted by Gasteiger charge is 2.17. The maximum absolute atomic E-state index is 13.6. The number of aliphatic hydroxyl groups excluding tert-OH is 1. The van der Waals surface area contributed by atoms with Gasteiger partial charge in [0.1, 0.15) is 11.6 Å². The Morgan fingerprint density at radius 2 is 1.76 bits per heavy atom. The van der Waals surface area contributed by atoms with Crippen molar-refractivity contribution in [3.63, 3.8) is 0 Å². The molecule has 0 spiro atoms. The van der Waals surface area contributed by atoms with Crippen LogP contribution in [0.3, 0.4) is 0 Å². The standard InChI is InChI=1S/C15H22F2N2O2/c16-14-2-1-13(15(17)11-14)12-19-5-3-18(4-6-19)7-9-21-10-8-20/h1-2,11,20H,3-10,12H2. The predicted molar refractivity (Wildman–Crippen MR) is 76.0 cm³/mol. The van der Waals surface area contributed by atoms with Crippen LogP contribution in [0.2, 0.25) is 0 Å². The summed E-state index contributed by atoms with van der Waals surface area (Å²) in [7, 11) is 0. The fourth-order valence-corrected chi connectivity index (χ4v) is 2.42. The first-order chi connectivity index (χ1) is 10.2. The molecule has 118 valence electrons. The Hall–Kier alpha value is -1.08. The SMILES string of the molecule is OCCOCCN1CCN(Cc2ccc(F)cc2F)CC1. The molecular weight excluding hydrogens is 278 g/mol. The van der Waals surface area contributed by atoms with E-state index in [0.29, 0.717) is 25.3 Å². The quantitative estimate of drug-likeness (QED) is 0.765. The van der Waals surface area contributed by atoms with E-state index in [1.807, 2.05) is 0 Å². The second-order valence-electron chi connectivity index (χ2n) is 5.19. The molecule has 4 nitrogen and oxygen atoms in total. The molecule has 0 atom stereocenters. The third-order valence-electron chi connectivity index (χ3n) is 3.66. The molecule has 21 heavy (non-hydrogen) atoms. The van der Waals surface area contributed by atoms with Crippen LogP contribution in [-0.4, -0.2) is 67.5 Å². The van der Waals surface area contributed by atoms with E-state index in [0.717, 1.165) is 38.8 Å². The molecule has 1 fully saturated rings. The van der Waals surface area contributed by atoms with Gasteiger partial charge in [-0.15, -0.1) is 0 Å². The maximum Gasteiger partial charge on any atom is 0.130 e. The lowest BCUT2D eigenvalue weighted by Crippen LogP contribution is -2.46. The minimum Gasteiger partial charge on any atom is -0.394 e. The molecule has 1 aromatic rings. The molecular formula is C15H22F2N2O2. The molecule has 1 aliphatic rings. The Bertz CT molecular complexity index is 438. The van der Waals surface area contributed by atoms with E-state index in [1.54, 1.807) is 0 Å². The van der Waals surface area contributed by atoms with Crippen LogP contribution in [0.5, 0.6) is 0 Å². The second kappa shape index (κ2) is 8.38. The van der Waals surface area contributed by atoms with Crippen LogP contribution in [0.1, 0.15) is 5.56 Å². The van der Waals surface area contributed by atoms with E-state index >= 15 is 0 Å². The Balaban J connectivity index is 1.71. The van der Waals surface area contributed by atoms with Gasteiger partial charge in [-0.25, -0.2) is 8.78 Å². The van der Waals surface area contributed by atoms with Crippen molar-refractivity contribution >= 4 is 0 Å². The average Bonchev–Trinajstić information content (AvgIpc) is 2.48. The van der Waals surface area contributed by atoms with Crippen LogP contribution in [0.4, 0.5) is 8.78 Å². The van der Waals surface area contributed by atoms with Crippen LogP contribution in [0.15, 0.2) is 18.2 Å². The van der Waals surface area contributed by atoms with Gasteiger partial charge in [0.15, 0.2) is 0 Å². The van der Waals surface area contributed by atoms with Crippen molar-refractivity contribution in [3.05, 3.63) is 35.4 Å². The number of piperazine rings is 1. The van der Waals surface area contributed by atoms with Crippen LogP contribution in [0, 0.1) is 11.6 Å². The van der Waals surface area contributed by atoms with Gasteiger partial charge in [-0.1, -0.05) is 6.07 Å². The zero-order chi connectivity index (χ0) is 15.1. The number of halogens is 2. The van der Waals surface area contributed by atoms with Crippen molar-refractivity contribution in [2.24, 2.45) is 0 Å². The topological polar surface area (TPSA) is 35.9 Å². The van der Waals surface area contributed by atoms with Gasteiger partial charge in [0, 0.05) is 50.9 Å². The van der Waals surface area contributed by atoms with E-state index in [-0.39, 0.29) is 6.61 Å². The highest BCUT2D eigenvalue weighted by atomic mass is 19.1. The monoisotopic (exact) mass is 300 g/mol. The second-order valence-corrected chi connectivity index (χ2v) is 5.19. The lowest BCUT2D eigenvalue weighted by molar-refractivity contribution is 0.0562. The Kier molecular flexibility index (Phi) is 6.50. The largest absolute Gasteiger partial charge is 0.394 e. The van der Waals surface area contributed by atoms with Crippen LogP contribution in [0.25, 0.3) is 0 Å². The Labute approximate surface area is 123 Å². The minimum atomic E-state index is -0.538. The normalized spacial score (nSPS) is 17.3. The summed E-state index contributed by atoms with van der Waals surface area (Å²) in [6.45, 7) is 5.94. The van der Waals surface area contributed by atoms with Crippen molar-refractivity contribution in [3.8, 4) is 0 Å². The third kappa shape index (κ3) is 5.32. The number of hydrogen-bond donors (Lipinski definition) is 1. The molecule has 1 N–H and O–H groups in total. The fraction of sp³-hybridized carbons (Fsp3) is 0.600. The summed E-state index contributed by atoms with van der Waals surface area (Å²) < 4.78 is 31.7. The molecule has 1 aromatic carbocycles. The summed E-state index contributed by atoms with van der Waals surface area (Å²) in [4.78, 5) is 4.45. The number of aliphatic hydroxyl groups is 1. The zero-order valence-electron chi connectivity index (χ0n) is 12.1. The van der Waals surface area contributed by atoms with Gasteiger partial charge in [0.2, 0.25) is 0 Å². The van der Waals surface area contributed by atoms with Gasteiger partial charge in [-0.2, -0.15) is 0 Å². The molecule has 0 aliphatic carbocycles. The highest BCUT2D eigenvalue weighted by Crippen LogP contribution is 2.13. The fourth-order valence-electron chi connectivity index (χ4n) is 2.42. The molecule has 0 amide bonds. The molecule has 0 bridgehead atoms. The molecule has 2 rings (SSSR count). The molecule has 0 unspecified atom stereocenters. The summed E-state index contributed by atoms with van der Waals surface area (Å²) >= 11 is 0. The van der Waals surface area contributed by atoms with Gasteiger partial charge < -0.3 is 9.84 Å². The van der Waals surface area contributed by atoms with Crippen LogP contribution in [-0.2, 0) is 11.3 Å². The van der Waals surface area contributed by atoms with Gasteiger partial charge >= 0.3 is 0 Å². The lowest BCUT2D eigenvalue weighted by atomic mass is 10.2. The number of hydrogen-bond acceptors (Lipinski definition) is 4. The lowest BCUT2D eigenvalue weighted by Gasteiger charge is -2.34. The first-order valence-electron chi connectivity index (χ1n) is 7.26. The molecule has 6 heteroatoms. The zero-order valence-corrected chi connectivity index (χ0v) is 12.1. The number of ether oxygens (including phenoxy) is 1. The molecule has 1 aliphatic heterocycles. The number of benzene rings is 1. The van der Waals surface area contributed by atoms with Crippen molar-refractivity contribution in [1.82, 2.24) is 9.80 Å². The van der Waals surface area contributed by atoms with Gasteiger partial charge in [-0.3, -0.25) is 9.80 Å². The van der Waals surface area contributed by atoms with E-state index < -0.39 is 11.6 Å². The van der Waals surface area contributed by atoms with Crippen molar-refractivity contribution < 1.29 is 18.6 Å². The van der Waals surface area contributed by atoms with Crippen LogP contribution >= 0.6 is 0 Å². The van der Waals surface area contributed by atoms with E-state index in [2.05, 4.69) is 9.80 Å². The molecule has 1 saturated heterocycles. The van der Waals surface area contributed by atoms with E-state index in [1.165, 1.54) is 12.1 Å². The van der Waals surface area contributed by atoms with E-state index in [9.17, 15) is 8.78 Å². The molecule has 0 aromatic heterocycles. The van der Waals surface area contributed by atoms with Crippen molar-refractivity contribution in [2.45, 2.75) is 6.54 Å². The predicted octanol–water partition coefficient (Wildman–Crippen LogP) is 1.09. The Morgan fingerprint density at radius 3 is 2.43 bits per heavy atom. The third-order valence-corrected chi connectivity index (χ3v) is 3.66. The summed E-state index contributed by atoms with van der Waals surface area (Å²) in [5.41, 5.74) is 0.538. The van der Waals surface area contributed by atoms with Crippen LogP contribution < -0.4 is 0 Å². The smallest absolute Gasteiger partial charge is 0.130 e. The van der Waals surface area contributed by atoms with Crippen molar-refractivity contribution in [1.29, 1.82) is 0 Å². The minimum absolute atomic E-state index is 0.0526. The van der Waals surface area contributed by atoms with Gasteiger partial charge in [0.05, 0.1) is 19.8 Å². The maximum atomic E-state index is 13.6. The average molecular weight is 300 g/mol. The summed E-state index contributed by atoms with van der Waals surface area (Å²) in [5, 5.41) is 8.62. The molecule has 0 radical (unpaired) electrons. The molecule has 0 saturated carbocycles. The van der Waals surface area contributed by atoms with Crippen molar-refractivity contribution in [2.75, 3.05) is 52.5 Å². The van der Waals surface area contributed by atoms with Gasteiger partial charge in [-0.05, 0) is 6.07 Å². The number of rotatable bonds is 7. The molecule has 1 heterocycles.